The third-order valence-corrected chi connectivity index (χ3v) is 4.21. The van der Waals surface area contributed by atoms with Crippen molar-refractivity contribution in [3.63, 3.8) is 0 Å². The molecule has 5 nitrogen and oxygen atoms in total. The van der Waals surface area contributed by atoms with Crippen molar-refractivity contribution in [3.8, 4) is 0 Å². The molecule has 1 atom stereocenters. The Morgan fingerprint density at radius 3 is 2.56 bits per heavy atom. The number of nitrogens with one attached hydrogen (secondary N) is 2. The Morgan fingerprint density at radius 1 is 1.16 bits per heavy atom. The molecule has 1 unspecified atom stereocenters. The van der Waals surface area contributed by atoms with Gasteiger partial charge in [-0.2, -0.15) is 5.10 Å². The van der Waals surface area contributed by atoms with Gasteiger partial charge in [0.05, 0.1) is 5.71 Å². The highest BCUT2D eigenvalue weighted by molar-refractivity contribution is 6.06. The van der Waals surface area contributed by atoms with Gasteiger partial charge in [0.25, 0.3) is 0 Å². The predicted octanol–water partition coefficient (Wildman–Crippen LogP) is 3.12. The van der Waals surface area contributed by atoms with Gasteiger partial charge >= 0.3 is 0 Å². The summed E-state index contributed by atoms with van der Waals surface area (Å²) in [6.45, 7) is 1.98. The van der Waals surface area contributed by atoms with Gasteiger partial charge < -0.3 is 5.32 Å². The minimum Gasteiger partial charge on any atom is -0.326 e. The number of hydrogen-bond donors (Lipinski definition) is 2. The highest BCUT2D eigenvalue weighted by Crippen LogP contribution is 2.18. The van der Waals surface area contributed by atoms with Gasteiger partial charge in [-0.15, -0.1) is 0 Å². The molecule has 2 aromatic carbocycles. The Labute approximate surface area is 147 Å². The smallest absolute Gasteiger partial charge is 0.240 e. The van der Waals surface area contributed by atoms with Gasteiger partial charge in [-0.1, -0.05) is 49.4 Å². The van der Waals surface area contributed by atoms with Crippen molar-refractivity contribution in [2.75, 3.05) is 5.32 Å². The van der Waals surface area contributed by atoms with Gasteiger partial charge in [-0.05, 0) is 29.7 Å². The molecular formula is C20H21N3O2. The van der Waals surface area contributed by atoms with Crippen molar-refractivity contribution < 1.29 is 9.59 Å². The molecule has 2 aromatic rings. The van der Waals surface area contributed by atoms with Crippen molar-refractivity contribution in [1.29, 1.82) is 0 Å². The fraction of sp³-hybridized carbons (Fsp3) is 0.250. The van der Waals surface area contributed by atoms with Crippen LogP contribution in [0.5, 0.6) is 0 Å². The van der Waals surface area contributed by atoms with E-state index >= 15 is 0 Å². The summed E-state index contributed by atoms with van der Waals surface area (Å²) in [5, 5.41) is 7.06. The summed E-state index contributed by atoms with van der Waals surface area (Å²) < 4.78 is 0. The van der Waals surface area contributed by atoms with Crippen LogP contribution in [0.2, 0.25) is 0 Å². The zero-order valence-electron chi connectivity index (χ0n) is 14.2. The van der Waals surface area contributed by atoms with Crippen LogP contribution in [-0.4, -0.2) is 17.5 Å². The molecule has 1 aliphatic rings. The van der Waals surface area contributed by atoms with Crippen molar-refractivity contribution >= 4 is 23.2 Å². The van der Waals surface area contributed by atoms with E-state index in [2.05, 4.69) is 15.8 Å². The minimum atomic E-state index is -0.0569. The number of rotatable bonds is 5. The molecular weight excluding hydrogens is 314 g/mol. The van der Waals surface area contributed by atoms with Crippen LogP contribution < -0.4 is 10.7 Å². The van der Waals surface area contributed by atoms with E-state index in [-0.39, 0.29) is 17.7 Å². The Morgan fingerprint density at radius 2 is 1.88 bits per heavy atom. The Bertz CT molecular complexity index is 782. The standard InChI is InChI=1S/C20H21N3O2/c1-14-13-19(25)22-23-20(14)16-8-10-17(11-9-16)21-18(24)12-7-15-5-3-2-4-6-15/h2-6,8-11,14H,7,12-13H2,1H3,(H,21,24)(H,22,25). The average Bonchev–Trinajstić information content (AvgIpc) is 2.62. The quantitative estimate of drug-likeness (QED) is 0.881. The maximum Gasteiger partial charge on any atom is 0.240 e. The number of hydrazone groups is 1. The van der Waals surface area contributed by atoms with E-state index in [9.17, 15) is 9.59 Å². The van der Waals surface area contributed by atoms with Crippen LogP contribution in [0, 0.1) is 5.92 Å². The molecule has 0 fully saturated rings. The molecule has 0 saturated carbocycles. The number of amides is 2. The van der Waals surface area contributed by atoms with E-state index in [1.54, 1.807) is 0 Å². The number of aryl methyl sites for hydroxylation is 1. The van der Waals surface area contributed by atoms with Crippen LogP contribution in [-0.2, 0) is 16.0 Å². The van der Waals surface area contributed by atoms with E-state index in [0.29, 0.717) is 12.8 Å². The molecule has 1 heterocycles. The van der Waals surface area contributed by atoms with E-state index in [0.717, 1.165) is 28.9 Å². The van der Waals surface area contributed by atoms with Crippen LogP contribution in [0.1, 0.15) is 30.9 Å². The van der Waals surface area contributed by atoms with Crippen LogP contribution in [0.15, 0.2) is 59.7 Å². The van der Waals surface area contributed by atoms with Crippen LogP contribution in [0.4, 0.5) is 5.69 Å². The van der Waals surface area contributed by atoms with E-state index in [1.807, 2.05) is 61.5 Å². The Kier molecular flexibility index (Phi) is 5.23. The van der Waals surface area contributed by atoms with E-state index in [1.165, 1.54) is 0 Å². The maximum atomic E-state index is 12.1. The summed E-state index contributed by atoms with van der Waals surface area (Å²) >= 11 is 0. The first-order chi connectivity index (χ1) is 12.1. The first-order valence-corrected chi connectivity index (χ1v) is 8.42. The zero-order chi connectivity index (χ0) is 17.6. The number of anilines is 1. The lowest BCUT2D eigenvalue weighted by molar-refractivity contribution is -0.122. The summed E-state index contributed by atoms with van der Waals surface area (Å²) in [5.74, 6) is 0.0193. The highest BCUT2D eigenvalue weighted by Gasteiger charge is 2.21. The van der Waals surface area contributed by atoms with Gasteiger partial charge in [0.15, 0.2) is 0 Å². The van der Waals surface area contributed by atoms with Gasteiger partial charge in [-0.3, -0.25) is 9.59 Å². The SMILES string of the molecule is CC1CC(=O)NN=C1c1ccc(NC(=O)CCc2ccccc2)cc1. The molecule has 0 spiro atoms. The first kappa shape index (κ1) is 16.9. The van der Waals surface area contributed by atoms with Crippen molar-refractivity contribution in [2.24, 2.45) is 11.0 Å². The van der Waals surface area contributed by atoms with Crippen LogP contribution >= 0.6 is 0 Å². The lowest BCUT2D eigenvalue weighted by atomic mass is 9.94. The number of carbonyl (C=O) groups excluding carboxylic acids is 2. The van der Waals surface area contributed by atoms with E-state index in [4.69, 9.17) is 0 Å². The fourth-order valence-electron chi connectivity index (χ4n) is 2.85. The monoisotopic (exact) mass is 335 g/mol. The molecule has 0 aromatic heterocycles. The maximum absolute atomic E-state index is 12.1. The summed E-state index contributed by atoms with van der Waals surface area (Å²) in [5.41, 5.74) is 6.25. The van der Waals surface area contributed by atoms with Crippen molar-refractivity contribution in [3.05, 3.63) is 65.7 Å². The Balaban J connectivity index is 1.57. The molecule has 0 saturated heterocycles. The average molecular weight is 335 g/mol. The third-order valence-electron chi connectivity index (χ3n) is 4.21. The lowest BCUT2D eigenvalue weighted by Gasteiger charge is -2.19. The predicted molar refractivity (Wildman–Crippen MR) is 98.3 cm³/mol. The summed E-state index contributed by atoms with van der Waals surface area (Å²) in [4.78, 5) is 23.4. The van der Waals surface area contributed by atoms with E-state index < -0.39 is 0 Å². The molecule has 3 rings (SSSR count). The first-order valence-electron chi connectivity index (χ1n) is 8.42. The molecule has 0 bridgehead atoms. The van der Waals surface area contributed by atoms with Gasteiger partial charge in [0, 0.05) is 24.4 Å². The largest absolute Gasteiger partial charge is 0.326 e. The molecule has 2 amide bonds. The summed E-state index contributed by atoms with van der Waals surface area (Å²) in [6, 6.07) is 17.5. The van der Waals surface area contributed by atoms with Gasteiger partial charge in [0.1, 0.15) is 0 Å². The second kappa shape index (κ2) is 7.75. The molecule has 5 heteroatoms. The van der Waals surface area contributed by atoms with Crippen LogP contribution in [0.3, 0.4) is 0 Å². The number of nitrogens with zero attached hydrogens (tertiary/aromatic N) is 1. The topological polar surface area (TPSA) is 70.6 Å². The number of carbonyl (C=O) groups is 2. The molecule has 25 heavy (non-hydrogen) atoms. The van der Waals surface area contributed by atoms with Crippen LogP contribution in [0.25, 0.3) is 0 Å². The second-order valence-electron chi connectivity index (χ2n) is 6.25. The van der Waals surface area contributed by atoms with Crippen molar-refractivity contribution in [2.45, 2.75) is 26.2 Å². The second-order valence-corrected chi connectivity index (χ2v) is 6.25. The zero-order valence-corrected chi connectivity index (χ0v) is 14.2. The summed E-state index contributed by atoms with van der Waals surface area (Å²) in [6.07, 6.45) is 1.61. The Hall–Kier alpha value is -2.95. The summed E-state index contributed by atoms with van der Waals surface area (Å²) in [7, 11) is 0. The molecule has 128 valence electrons. The molecule has 1 aliphatic heterocycles. The normalized spacial score (nSPS) is 16.8. The molecule has 0 aliphatic carbocycles. The number of benzene rings is 2. The van der Waals surface area contributed by atoms with Crippen molar-refractivity contribution in [1.82, 2.24) is 5.43 Å². The molecule has 2 N–H and O–H groups in total. The minimum absolute atomic E-state index is 0.00718. The van der Waals surface area contributed by atoms with Gasteiger partial charge in [-0.25, -0.2) is 5.43 Å². The third kappa shape index (κ3) is 4.53. The molecule has 0 radical (unpaired) electrons. The number of hydrogen-bond acceptors (Lipinski definition) is 3. The fourth-order valence-corrected chi connectivity index (χ4v) is 2.85. The lowest BCUT2D eigenvalue weighted by Crippen LogP contribution is -2.31. The van der Waals surface area contributed by atoms with Gasteiger partial charge in [0.2, 0.25) is 11.8 Å². The highest BCUT2D eigenvalue weighted by atomic mass is 16.2.